The Bertz CT molecular complexity index is 549. The lowest BCUT2D eigenvalue weighted by molar-refractivity contribution is 0.00730. The smallest absolute Gasteiger partial charge is 0.410 e. The Morgan fingerprint density at radius 1 is 1.41 bits per heavy atom. The predicted octanol–water partition coefficient (Wildman–Crippen LogP) is 1.77. The second kappa shape index (κ2) is 6.33. The number of carbonyl (C=O) groups excluding carboxylic acids is 1. The molecule has 22 heavy (non-hydrogen) atoms. The fourth-order valence-corrected chi connectivity index (χ4v) is 2.45. The van der Waals surface area contributed by atoms with E-state index in [4.69, 9.17) is 9.84 Å². The van der Waals surface area contributed by atoms with Crippen LogP contribution in [0, 0.1) is 0 Å². The number of carbonyl (C=O) groups is 2. The summed E-state index contributed by atoms with van der Waals surface area (Å²) in [7, 11) is 0. The van der Waals surface area contributed by atoms with Crippen molar-refractivity contribution in [2.45, 2.75) is 58.2 Å². The normalized spacial score (nSPS) is 19.0. The van der Waals surface area contributed by atoms with E-state index in [0.29, 0.717) is 13.1 Å². The van der Waals surface area contributed by atoms with Gasteiger partial charge in [-0.1, -0.05) is 5.21 Å². The lowest BCUT2D eigenvalue weighted by Crippen LogP contribution is -2.47. The topological polar surface area (TPSA) is 97.5 Å². The van der Waals surface area contributed by atoms with Crippen LogP contribution >= 0.6 is 0 Å². The summed E-state index contributed by atoms with van der Waals surface area (Å²) in [4.78, 5) is 24.8. The zero-order chi connectivity index (χ0) is 16.3. The minimum atomic E-state index is -1.11. The first-order valence-corrected chi connectivity index (χ1v) is 7.39. The lowest BCUT2D eigenvalue weighted by Gasteiger charge is -2.36. The molecule has 1 aliphatic rings. The quantitative estimate of drug-likeness (QED) is 0.913. The number of aromatic carboxylic acids is 1. The van der Waals surface area contributed by atoms with Crippen LogP contribution in [0.3, 0.4) is 0 Å². The van der Waals surface area contributed by atoms with E-state index in [-0.39, 0.29) is 17.8 Å². The van der Waals surface area contributed by atoms with Crippen LogP contribution in [0.15, 0.2) is 6.20 Å². The van der Waals surface area contributed by atoms with Crippen molar-refractivity contribution in [3.63, 3.8) is 0 Å². The largest absolute Gasteiger partial charge is 0.476 e. The van der Waals surface area contributed by atoms with E-state index < -0.39 is 11.6 Å². The van der Waals surface area contributed by atoms with Gasteiger partial charge in [-0.15, -0.1) is 5.10 Å². The Kier molecular flexibility index (Phi) is 4.68. The average Bonchev–Trinajstić information content (AvgIpc) is 2.86. The van der Waals surface area contributed by atoms with Crippen molar-refractivity contribution < 1.29 is 19.4 Å². The standard InChI is InChI=1S/C14H22N4O4/c1-14(2,3)22-13(21)18-7-5-4-6-10(18)8-17-9-11(12(19)20)15-16-17/h9-10H,4-8H2,1-3H3,(H,19,20)/t10-/m1/s1. The van der Waals surface area contributed by atoms with Gasteiger partial charge in [-0.05, 0) is 40.0 Å². The number of carboxylic acids is 1. The molecule has 1 fully saturated rings. The number of hydrogen-bond acceptors (Lipinski definition) is 5. The maximum atomic E-state index is 12.3. The first-order valence-electron chi connectivity index (χ1n) is 7.39. The Balaban J connectivity index is 2.05. The average molecular weight is 310 g/mol. The molecule has 2 rings (SSSR count). The fourth-order valence-electron chi connectivity index (χ4n) is 2.45. The summed E-state index contributed by atoms with van der Waals surface area (Å²) in [6.45, 7) is 6.56. The van der Waals surface area contributed by atoms with Crippen LogP contribution in [0.4, 0.5) is 4.79 Å². The van der Waals surface area contributed by atoms with E-state index in [1.54, 1.807) is 4.90 Å². The molecule has 1 amide bonds. The molecule has 1 aliphatic heterocycles. The molecule has 1 atom stereocenters. The van der Waals surface area contributed by atoms with Gasteiger partial charge >= 0.3 is 12.1 Å². The van der Waals surface area contributed by atoms with Crippen molar-refractivity contribution in [2.24, 2.45) is 0 Å². The summed E-state index contributed by atoms with van der Waals surface area (Å²) >= 11 is 0. The second-order valence-electron chi connectivity index (χ2n) is 6.45. The Morgan fingerprint density at radius 3 is 2.73 bits per heavy atom. The van der Waals surface area contributed by atoms with Gasteiger partial charge in [0.1, 0.15) is 5.60 Å². The number of ether oxygens (including phenoxy) is 1. The van der Waals surface area contributed by atoms with Crippen LogP contribution < -0.4 is 0 Å². The molecule has 1 saturated heterocycles. The molecular weight excluding hydrogens is 288 g/mol. The molecule has 122 valence electrons. The zero-order valence-electron chi connectivity index (χ0n) is 13.2. The number of amides is 1. The molecule has 0 saturated carbocycles. The molecule has 1 N–H and O–H groups in total. The number of rotatable bonds is 3. The molecule has 2 heterocycles. The highest BCUT2D eigenvalue weighted by molar-refractivity contribution is 5.84. The number of carboxylic acid groups (broad SMARTS) is 1. The fraction of sp³-hybridized carbons (Fsp3) is 0.714. The van der Waals surface area contributed by atoms with E-state index in [1.807, 2.05) is 20.8 Å². The van der Waals surface area contributed by atoms with Gasteiger partial charge in [0.25, 0.3) is 0 Å². The molecule has 1 aromatic heterocycles. The summed E-state index contributed by atoms with van der Waals surface area (Å²) < 4.78 is 6.91. The highest BCUT2D eigenvalue weighted by Gasteiger charge is 2.31. The number of likely N-dealkylation sites (tertiary alicyclic amines) is 1. The number of aromatic nitrogens is 3. The van der Waals surface area contributed by atoms with Crippen molar-refractivity contribution >= 4 is 12.1 Å². The van der Waals surface area contributed by atoms with Gasteiger partial charge in [0, 0.05) is 6.54 Å². The summed E-state index contributed by atoms with van der Waals surface area (Å²) in [6, 6.07) is -0.0630. The van der Waals surface area contributed by atoms with Gasteiger partial charge in [0.05, 0.1) is 18.8 Å². The van der Waals surface area contributed by atoms with Crippen molar-refractivity contribution in [3.8, 4) is 0 Å². The Morgan fingerprint density at radius 2 is 2.14 bits per heavy atom. The molecule has 0 bridgehead atoms. The van der Waals surface area contributed by atoms with E-state index in [1.165, 1.54) is 10.9 Å². The maximum absolute atomic E-state index is 12.3. The third-order valence-electron chi connectivity index (χ3n) is 3.41. The number of hydrogen-bond donors (Lipinski definition) is 1. The predicted molar refractivity (Wildman–Crippen MR) is 77.6 cm³/mol. The third kappa shape index (κ3) is 4.19. The van der Waals surface area contributed by atoms with Crippen molar-refractivity contribution in [2.75, 3.05) is 6.54 Å². The van der Waals surface area contributed by atoms with Crippen molar-refractivity contribution in [1.29, 1.82) is 0 Å². The first kappa shape index (κ1) is 16.3. The molecule has 0 radical (unpaired) electrons. The van der Waals surface area contributed by atoms with Crippen LogP contribution in [0.1, 0.15) is 50.5 Å². The second-order valence-corrected chi connectivity index (χ2v) is 6.45. The van der Waals surface area contributed by atoms with E-state index in [9.17, 15) is 9.59 Å². The van der Waals surface area contributed by atoms with Crippen LogP contribution in [0.2, 0.25) is 0 Å². The SMILES string of the molecule is CC(C)(C)OC(=O)N1CCCC[C@@H]1Cn1cc(C(=O)O)nn1. The van der Waals surface area contributed by atoms with Gasteiger partial charge in [-0.3, -0.25) is 0 Å². The monoisotopic (exact) mass is 310 g/mol. The van der Waals surface area contributed by atoms with Crippen molar-refractivity contribution in [3.05, 3.63) is 11.9 Å². The van der Waals surface area contributed by atoms with Crippen molar-refractivity contribution in [1.82, 2.24) is 19.9 Å². The van der Waals surface area contributed by atoms with Crippen LogP contribution in [0.25, 0.3) is 0 Å². The lowest BCUT2D eigenvalue weighted by atomic mass is 10.0. The van der Waals surface area contributed by atoms with Gasteiger partial charge in [-0.2, -0.15) is 0 Å². The number of piperidine rings is 1. The highest BCUT2D eigenvalue weighted by Crippen LogP contribution is 2.21. The Hall–Kier alpha value is -2.12. The van der Waals surface area contributed by atoms with Crippen LogP contribution in [0.5, 0.6) is 0 Å². The molecular formula is C14H22N4O4. The summed E-state index contributed by atoms with van der Waals surface area (Å²) in [5.74, 6) is -1.11. The van der Waals surface area contributed by atoms with Gasteiger partial charge in [-0.25, -0.2) is 14.3 Å². The van der Waals surface area contributed by atoms with Gasteiger partial charge < -0.3 is 14.7 Å². The van der Waals surface area contributed by atoms with Crippen LogP contribution in [-0.4, -0.2) is 55.3 Å². The highest BCUT2D eigenvalue weighted by atomic mass is 16.6. The molecule has 0 aliphatic carbocycles. The molecule has 0 aromatic carbocycles. The molecule has 0 spiro atoms. The van der Waals surface area contributed by atoms with Gasteiger partial charge in [0.2, 0.25) is 0 Å². The van der Waals surface area contributed by atoms with Crippen LogP contribution in [-0.2, 0) is 11.3 Å². The molecule has 0 unspecified atom stereocenters. The Labute approximate surface area is 129 Å². The third-order valence-corrected chi connectivity index (χ3v) is 3.41. The molecule has 8 heteroatoms. The zero-order valence-corrected chi connectivity index (χ0v) is 13.2. The van der Waals surface area contributed by atoms with E-state index in [2.05, 4.69) is 10.3 Å². The summed E-state index contributed by atoms with van der Waals surface area (Å²) in [6.07, 6.45) is 3.83. The molecule has 1 aromatic rings. The maximum Gasteiger partial charge on any atom is 0.410 e. The summed E-state index contributed by atoms with van der Waals surface area (Å²) in [5.41, 5.74) is -0.636. The van der Waals surface area contributed by atoms with Gasteiger partial charge in [0.15, 0.2) is 5.69 Å². The minimum absolute atomic E-state index is 0.0630. The summed E-state index contributed by atoms with van der Waals surface area (Å²) in [5, 5.41) is 16.3. The van der Waals surface area contributed by atoms with E-state index >= 15 is 0 Å². The van der Waals surface area contributed by atoms with E-state index in [0.717, 1.165) is 19.3 Å². The first-order chi connectivity index (χ1) is 10.3. The number of nitrogens with zero attached hydrogens (tertiary/aromatic N) is 4. The minimum Gasteiger partial charge on any atom is -0.476 e. The molecule has 8 nitrogen and oxygen atoms in total.